The molecule has 0 aliphatic carbocycles. The number of aliphatic imine (C=N–C) groups is 1. The molecular formula is C11H10ClNO3. The average molecular weight is 240 g/mol. The monoisotopic (exact) mass is 239 g/mol. The zero-order valence-corrected chi connectivity index (χ0v) is 9.31. The number of benzene rings is 1. The van der Waals surface area contributed by atoms with E-state index in [1.165, 1.54) is 6.08 Å². The Morgan fingerprint density at radius 3 is 2.44 bits per heavy atom. The lowest BCUT2D eigenvalue weighted by Gasteiger charge is -2.15. The van der Waals surface area contributed by atoms with Crippen LogP contribution in [-0.4, -0.2) is 23.2 Å². The Morgan fingerprint density at radius 1 is 1.44 bits per heavy atom. The van der Waals surface area contributed by atoms with E-state index in [4.69, 9.17) is 16.7 Å². The Morgan fingerprint density at radius 2 is 2.00 bits per heavy atom. The number of hydrogen-bond donors (Lipinski definition) is 1. The smallest absolute Gasteiger partial charge is 0.330 e. The van der Waals surface area contributed by atoms with Crippen LogP contribution in [0.25, 0.3) is 0 Å². The summed E-state index contributed by atoms with van der Waals surface area (Å²) in [4.78, 5) is 24.3. The van der Waals surface area contributed by atoms with Gasteiger partial charge in [0.05, 0.1) is 0 Å². The van der Waals surface area contributed by atoms with E-state index in [1.807, 2.05) is 0 Å². The minimum atomic E-state index is -1.15. The van der Waals surface area contributed by atoms with Gasteiger partial charge in [-0.15, -0.1) is 0 Å². The SMILES string of the molecule is CC(c1ccc(Cl)cc1)C(N=C=O)C(=O)O. The summed E-state index contributed by atoms with van der Waals surface area (Å²) in [7, 11) is 0. The molecule has 1 aromatic carbocycles. The third-order valence-electron chi connectivity index (χ3n) is 2.31. The van der Waals surface area contributed by atoms with Crippen LogP contribution in [0, 0.1) is 0 Å². The number of hydrogen-bond acceptors (Lipinski definition) is 3. The summed E-state index contributed by atoms with van der Waals surface area (Å²) in [5, 5.41) is 9.46. The van der Waals surface area contributed by atoms with Gasteiger partial charge >= 0.3 is 5.97 Å². The fourth-order valence-electron chi connectivity index (χ4n) is 1.39. The third kappa shape index (κ3) is 2.92. The predicted octanol–water partition coefficient (Wildman–Crippen LogP) is 2.23. The number of nitrogens with zero attached hydrogens (tertiary/aromatic N) is 1. The van der Waals surface area contributed by atoms with Crippen LogP contribution >= 0.6 is 11.6 Å². The van der Waals surface area contributed by atoms with Gasteiger partial charge < -0.3 is 5.11 Å². The molecule has 0 saturated carbocycles. The Labute approximate surface area is 97.6 Å². The number of rotatable bonds is 4. The van der Waals surface area contributed by atoms with Crippen molar-refractivity contribution >= 4 is 23.7 Å². The van der Waals surface area contributed by atoms with Crippen molar-refractivity contribution in [2.45, 2.75) is 18.9 Å². The molecule has 84 valence electrons. The van der Waals surface area contributed by atoms with Gasteiger partial charge in [-0.1, -0.05) is 30.7 Å². The van der Waals surface area contributed by atoms with Crippen molar-refractivity contribution in [1.82, 2.24) is 0 Å². The topological polar surface area (TPSA) is 66.7 Å². The Hall–Kier alpha value is -1.64. The zero-order chi connectivity index (χ0) is 12.1. The Balaban J connectivity index is 2.98. The van der Waals surface area contributed by atoms with Crippen molar-refractivity contribution in [2.75, 3.05) is 0 Å². The van der Waals surface area contributed by atoms with Gasteiger partial charge in [0.25, 0.3) is 0 Å². The maximum atomic E-state index is 10.9. The van der Waals surface area contributed by atoms with Crippen molar-refractivity contribution in [1.29, 1.82) is 0 Å². The molecule has 1 N–H and O–H groups in total. The molecule has 5 heteroatoms. The minimum Gasteiger partial charge on any atom is -0.480 e. The van der Waals surface area contributed by atoms with E-state index >= 15 is 0 Å². The van der Waals surface area contributed by atoms with Gasteiger partial charge in [0.2, 0.25) is 6.08 Å². The first-order valence-electron chi connectivity index (χ1n) is 4.61. The molecule has 0 spiro atoms. The fraction of sp³-hybridized carbons (Fsp3) is 0.273. The highest BCUT2D eigenvalue weighted by Gasteiger charge is 2.25. The molecule has 0 aliphatic rings. The van der Waals surface area contributed by atoms with E-state index < -0.39 is 17.9 Å². The van der Waals surface area contributed by atoms with Crippen LogP contribution in [0.3, 0.4) is 0 Å². The predicted molar refractivity (Wildman–Crippen MR) is 59.4 cm³/mol. The molecule has 0 aromatic heterocycles. The number of isocyanates is 1. The summed E-state index contributed by atoms with van der Waals surface area (Å²) in [5.74, 6) is -1.55. The molecule has 0 amide bonds. The van der Waals surface area contributed by atoms with Gasteiger partial charge in [0, 0.05) is 10.9 Å². The van der Waals surface area contributed by atoms with Gasteiger partial charge in [-0.25, -0.2) is 9.59 Å². The molecule has 1 rings (SSSR count). The summed E-state index contributed by atoms with van der Waals surface area (Å²) >= 11 is 5.72. The summed E-state index contributed by atoms with van der Waals surface area (Å²) in [6.45, 7) is 1.68. The van der Waals surface area contributed by atoms with Crippen molar-refractivity contribution in [3.63, 3.8) is 0 Å². The highest BCUT2D eigenvalue weighted by molar-refractivity contribution is 6.30. The molecule has 1 aromatic rings. The molecule has 0 heterocycles. The number of carboxylic acids is 1. The number of halogens is 1. The quantitative estimate of drug-likeness (QED) is 0.647. The Kier molecular flexibility index (Phi) is 4.23. The standard InChI is InChI=1S/C11H10ClNO3/c1-7(10(11(15)16)13-6-14)8-2-4-9(12)5-3-8/h2-5,7,10H,1H3,(H,15,16). The van der Waals surface area contributed by atoms with E-state index in [0.717, 1.165) is 5.56 Å². The van der Waals surface area contributed by atoms with Crippen LogP contribution in [-0.2, 0) is 9.59 Å². The van der Waals surface area contributed by atoms with Crippen molar-refractivity contribution in [3.05, 3.63) is 34.9 Å². The highest BCUT2D eigenvalue weighted by atomic mass is 35.5. The van der Waals surface area contributed by atoms with Gasteiger partial charge in [0.15, 0.2) is 6.04 Å². The second-order valence-electron chi connectivity index (χ2n) is 3.34. The average Bonchev–Trinajstić information content (AvgIpc) is 2.25. The van der Waals surface area contributed by atoms with Crippen LogP contribution in [0.5, 0.6) is 0 Å². The molecule has 4 nitrogen and oxygen atoms in total. The van der Waals surface area contributed by atoms with Gasteiger partial charge in [-0.3, -0.25) is 0 Å². The number of carbonyl (C=O) groups is 1. The van der Waals surface area contributed by atoms with Crippen LogP contribution in [0.1, 0.15) is 18.4 Å². The highest BCUT2D eigenvalue weighted by Crippen LogP contribution is 2.23. The first kappa shape index (κ1) is 12.4. The lowest BCUT2D eigenvalue weighted by molar-refractivity contribution is -0.138. The van der Waals surface area contributed by atoms with E-state index in [1.54, 1.807) is 31.2 Å². The summed E-state index contributed by atoms with van der Waals surface area (Å²) in [6, 6.07) is 5.64. The molecule has 16 heavy (non-hydrogen) atoms. The largest absolute Gasteiger partial charge is 0.480 e. The molecule has 2 unspecified atom stereocenters. The van der Waals surface area contributed by atoms with E-state index in [2.05, 4.69) is 4.99 Å². The second kappa shape index (κ2) is 5.45. The van der Waals surface area contributed by atoms with Crippen molar-refractivity contribution < 1.29 is 14.7 Å². The van der Waals surface area contributed by atoms with Gasteiger partial charge in [-0.05, 0) is 17.7 Å². The summed E-state index contributed by atoms with van der Waals surface area (Å²) in [6.07, 6.45) is 1.28. The fourth-order valence-corrected chi connectivity index (χ4v) is 1.51. The Bertz CT molecular complexity index is 421. The summed E-state index contributed by atoms with van der Waals surface area (Å²) in [5.41, 5.74) is 0.760. The van der Waals surface area contributed by atoms with Crippen LogP contribution in [0.2, 0.25) is 5.02 Å². The van der Waals surface area contributed by atoms with Gasteiger partial charge in [-0.2, -0.15) is 4.99 Å². The lowest BCUT2D eigenvalue weighted by atomic mass is 9.94. The molecule has 0 radical (unpaired) electrons. The number of carbonyl (C=O) groups excluding carboxylic acids is 1. The zero-order valence-electron chi connectivity index (χ0n) is 8.55. The number of carboxylic acid groups (broad SMARTS) is 1. The third-order valence-corrected chi connectivity index (χ3v) is 2.57. The van der Waals surface area contributed by atoms with Crippen LogP contribution in [0.4, 0.5) is 0 Å². The van der Waals surface area contributed by atoms with E-state index in [9.17, 15) is 9.59 Å². The maximum absolute atomic E-state index is 10.9. The second-order valence-corrected chi connectivity index (χ2v) is 3.78. The molecule has 0 saturated heterocycles. The molecule has 0 fully saturated rings. The van der Waals surface area contributed by atoms with Crippen molar-refractivity contribution in [2.24, 2.45) is 4.99 Å². The summed E-state index contributed by atoms with van der Waals surface area (Å²) < 4.78 is 0. The van der Waals surface area contributed by atoms with Crippen LogP contribution < -0.4 is 0 Å². The molecule has 0 aliphatic heterocycles. The van der Waals surface area contributed by atoms with Crippen LogP contribution in [0.15, 0.2) is 29.3 Å². The molecular weight excluding hydrogens is 230 g/mol. The normalized spacial score (nSPS) is 13.6. The first-order chi connectivity index (χ1) is 7.56. The number of aliphatic carboxylic acids is 1. The minimum absolute atomic E-state index is 0.406. The molecule has 0 bridgehead atoms. The maximum Gasteiger partial charge on any atom is 0.330 e. The van der Waals surface area contributed by atoms with Gasteiger partial charge in [0.1, 0.15) is 0 Å². The van der Waals surface area contributed by atoms with E-state index in [-0.39, 0.29) is 0 Å². The first-order valence-corrected chi connectivity index (χ1v) is 4.99. The van der Waals surface area contributed by atoms with Crippen molar-refractivity contribution in [3.8, 4) is 0 Å². The molecule has 2 atom stereocenters. The van der Waals surface area contributed by atoms with E-state index in [0.29, 0.717) is 5.02 Å². The lowest BCUT2D eigenvalue weighted by Crippen LogP contribution is -2.24.